The van der Waals surface area contributed by atoms with E-state index in [9.17, 15) is 0 Å². The highest BCUT2D eigenvalue weighted by Gasteiger charge is 2.21. The summed E-state index contributed by atoms with van der Waals surface area (Å²) in [7, 11) is 0. The molecule has 0 bridgehead atoms. The first-order valence-corrected chi connectivity index (χ1v) is 13.6. The molecule has 0 atom stereocenters. The summed E-state index contributed by atoms with van der Waals surface area (Å²) < 4.78 is 0. The number of nitrogens with one attached hydrogen (secondary N) is 8. The SMILES string of the molecule is C1CNCCCNCC(C2CNCCCNCCCNCCCNC2)CNCCCNC1. The van der Waals surface area contributed by atoms with Gasteiger partial charge in [-0.05, 0) is 155 Å². The lowest BCUT2D eigenvalue weighted by atomic mass is 9.91. The highest BCUT2D eigenvalue weighted by Crippen LogP contribution is 2.10. The molecule has 0 spiro atoms. The van der Waals surface area contributed by atoms with Gasteiger partial charge in [0.1, 0.15) is 0 Å². The zero-order valence-corrected chi connectivity index (χ0v) is 20.7. The number of rotatable bonds is 1. The Morgan fingerprint density at radius 1 is 0.250 bits per heavy atom. The van der Waals surface area contributed by atoms with Gasteiger partial charge in [-0.3, -0.25) is 0 Å². The molecule has 0 amide bonds. The summed E-state index contributed by atoms with van der Waals surface area (Å²) in [5.74, 6) is 1.28. The summed E-state index contributed by atoms with van der Waals surface area (Å²) in [6, 6.07) is 0. The second kappa shape index (κ2) is 21.2. The van der Waals surface area contributed by atoms with Crippen LogP contribution in [0.2, 0.25) is 0 Å². The third-order valence-electron chi connectivity index (χ3n) is 6.54. The lowest BCUT2D eigenvalue weighted by Gasteiger charge is -2.29. The van der Waals surface area contributed by atoms with E-state index in [1.807, 2.05) is 0 Å². The van der Waals surface area contributed by atoms with Gasteiger partial charge in [0.25, 0.3) is 0 Å². The van der Waals surface area contributed by atoms with Crippen LogP contribution in [-0.2, 0) is 0 Å². The molecule has 8 N–H and O–H groups in total. The molecule has 0 aliphatic carbocycles. The maximum atomic E-state index is 3.77. The van der Waals surface area contributed by atoms with Gasteiger partial charge in [-0.1, -0.05) is 0 Å². The Morgan fingerprint density at radius 2 is 0.438 bits per heavy atom. The third kappa shape index (κ3) is 15.5. The molecule has 2 heterocycles. The monoisotopic (exact) mass is 454 g/mol. The summed E-state index contributed by atoms with van der Waals surface area (Å²) in [5.41, 5.74) is 0. The van der Waals surface area contributed by atoms with Gasteiger partial charge >= 0.3 is 0 Å². The minimum atomic E-state index is 0.638. The second-order valence-corrected chi connectivity index (χ2v) is 9.46. The Balaban J connectivity index is 1.83. The smallest absolute Gasteiger partial charge is 0.000475 e. The maximum absolute atomic E-state index is 3.77. The Morgan fingerprint density at radius 3 is 0.656 bits per heavy atom. The van der Waals surface area contributed by atoms with E-state index >= 15 is 0 Å². The molecule has 32 heavy (non-hydrogen) atoms. The normalized spacial score (nSPS) is 25.9. The fourth-order valence-electron chi connectivity index (χ4n) is 4.49. The Kier molecular flexibility index (Phi) is 18.5. The van der Waals surface area contributed by atoms with Gasteiger partial charge in [0, 0.05) is 0 Å². The molecule has 190 valence electrons. The first-order valence-electron chi connectivity index (χ1n) is 13.6. The fourth-order valence-corrected chi connectivity index (χ4v) is 4.49. The van der Waals surface area contributed by atoms with Crippen molar-refractivity contribution >= 4 is 0 Å². The van der Waals surface area contributed by atoms with Gasteiger partial charge in [-0.2, -0.15) is 0 Å². The molecule has 0 unspecified atom stereocenters. The van der Waals surface area contributed by atoms with Crippen LogP contribution in [0, 0.1) is 11.8 Å². The van der Waals surface area contributed by atoms with E-state index in [0.29, 0.717) is 11.8 Å². The summed E-state index contributed by atoms with van der Waals surface area (Å²) >= 11 is 0. The maximum Gasteiger partial charge on any atom is -0.000475 e. The van der Waals surface area contributed by atoms with Crippen LogP contribution in [0.3, 0.4) is 0 Å². The van der Waals surface area contributed by atoms with Crippen molar-refractivity contribution < 1.29 is 0 Å². The second-order valence-electron chi connectivity index (χ2n) is 9.46. The summed E-state index contributed by atoms with van der Waals surface area (Å²) in [4.78, 5) is 0. The van der Waals surface area contributed by atoms with Crippen molar-refractivity contribution in [1.29, 1.82) is 0 Å². The molecule has 2 aliphatic heterocycles. The third-order valence-corrected chi connectivity index (χ3v) is 6.54. The zero-order valence-electron chi connectivity index (χ0n) is 20.7. The molecule has 2 rings (SSSR count). The average molecular weight is 455 g/mol. The van der Waals surface area contributed by atoms with Crippen molar-refractivity contribution in [2.24, 2.45) is 11.8 Å². The molecule has 2 aliphatic rings. The molecule has 0 aromatic rings. The number of hydrogen-bond donors (Lipinski definition) is 8. The van der Waals surface area contributed by atoms with Gasteiger partial charge in [-0.25, -0.2) is 0 Å². The molecule has 2 saturated heterocycles. The molecular formula is C24H54N8. The van der Waals surface area contributed by atoms with Crippen molar-refractivity contribution in [3.8, 4) is 0 Å². The van der Waals surface area contributed by atoms with Crippen molar-refractivity contribution in [3.05, 3.63) is 0 Å². The van der Waals surface area contributed by atoms with Crippen LogP contribution in [-0.4, -0.2) is 105 Å². The van der Waals surface area contributed by atoms with Crippen molar-refractivity contribution in [3.63, 3.8) is 0 Å². The lowest BCUT2D eigenvalue weighted by molar-refractivity contribution is 0.281. The molecule has 0 aromatic heterocycles. The van der Waals surface area contributed by atoms with Crippen LogP contribution in [0.25, 0.3) is 0 Å². The number of hydrogen-bond acceptors (Lipinski definition) is 8. The van der Waals surface area contributed by atoms with Crippen molar-refractivity contribution in [2.75, 3.05) is 105 Å². The minimum absolute atomic E-state index is 0.638. The van der Waals surface area contributed by atoms with Gasteiger partial charge in [0.15, 0.2) is 0 Å². The summed E-state index contributed by atoms with van der Waals surface area (Å²) in [6.07, 6.45) is 7.25. The quantitative estimate of drug-likeness (QED) is 0.264. The summed E-state index contributed by atoms with van der Waals surface area (Å²) in [5, 5.41) is 29.4. The Bertz CT molecular complexity index is 330. The molecule has 8 nitrogen and oxygen atoms in total. The van der Waals surface area contributed by atoms with Crippen molar-refractivity contribution in [2.45, 2.75) is 38.5 Å². The lowest BCUT2D eigenvalue weighted by Crippen LogP contribution is -2.45. The Labute approximate surface area is 198 Å². The van der Waals surface area contributed by atoms with Crippen LogP contribution in [0.4, 0.5) is 0 Å². The van der Waals surface area contributed by atoms with E-state index in [1.54, 1.807) is 0 Å². The van der Waals surface area contributed by atoms with Crippen LogP contribution in [0.5, 0.6) is 0 Å². The zero-order chi connectivity index (χ0) is 22.4. The molecule has 8 heteroatoms. The predicted octanol–water partition coefficient (Wildman–Crippen LogP) is -0.697. The van der Waals surface area contributed by atoms with E-state index in [1.165, 1.54) is 38.5 Å². The average Bonchev–Trinajstić information content (AvgIpc) is 2.79. The van der Waals surface area contributed by atoms with Crippen molar-refractivity contribution in [1.82, 2.24) is 42.5 Å². The van der Waals surface area contributed by atoms with E-state index in [4.69, 9.17) is 0 Å². The topological polar surface area (TPSA) is 96.2 Å². The van der Waals surface area contributed by atoms with Gasteiger partial charge in [0.2, 0.25) is 0 Å². The van der Waals surface area contributed by atoms with Gasteiger partial charge < -0.3 is 42.5 Å². The highest BCUT2D eigenvalue weighted by molar-refractivity contribution is 4.79. The molecular weight excluding hydrogens is 400 g/mol. The van der Waals surface area contributed by atoms with Gasteiger partial charge in [-0.15, -0.1) is 0 Å². The Hall–Kier alpha value is -0.320. The first kappa shape index (κ1) is 27.9. The molecule has 0 saturated carbocycles. The largest absolute Gasteiger partial charge is 0.317 e. The first-order chi connectivity index (χ1) is 16.0. The van der Waals surface area contributed by atoms with E-state index in [2.05, 4.69) is 42.5 Å². The van der Waals surface area contributed by atoms with Crippen LogP contribution in [0.15, 0.2) is 0 Å². The van der Waals surface area contributed by atoms with Crippen LogP contribution < -0.4 is 42.5 Å². The summed E-state index contributed by atoms with van der Waals surface area (Å²) in [6.45, 7) is 17.8. The highest BCUT2D eigenvalue weighted by atomic mass is 15.0. The van der Waals surface area contributed by atoms with Crippen LogP contribution in [0.1, 0.15) is 38.5 Å². The fraction of sp³-hybridized carbons (Fsp3) is 1.00. The minimum Gasteiger partial charge on any atom is -0.317 e. The van der Waals surface area contributed by atoms with E-state index in [-0.39, 0.29) is 0 Å². The van der Waals surface area contributed by atoms with E-state index in [0.717, 1.165) is 105 Å². The van der Waals surface area contributed by atoms with Gasteiger partial charge in [0.05, 0.1) is 0 Å². The molecule has 0 aromatic carbocycles. The van der Waals surface area contributed by atoms with E-state index < -0.39 is 0 Å². The molecule has 0 radical (unpaired) electrons. The predicted molar refractivity (Wildman–Crippen MR) is 138 cm³/mol. The van der Waals surface area contributed by atoms with Crippen LogP contribution >= 0.6 is 0 Å². The molecule has 2 fully saturated rings. The standard InChI is InChI=1S/C24H54N8/c1-7-25-11-3-15-29-19-23(20-30-16-4-12-26-8-1)24-21-31-17-5-13-27-9-2-10-28-14-6-18-32-22-24/h23-32H,1-22H2.